The molecule has 2 heteroatoms. The van der Waals surface area contributed by atoms with Crippen LogP contribution >= 0.6 is 0 Å². The zero-order chi connectivity index (χ0) is 10.4. The molecule has 2 N–H and O–H groups in total. The molecule has 1 rings (SSSR count). The van der Waals surface area contributed by atoms with Gasteiger partial charge < -0.3 is 10.5 Å². The van der Waals surface area contributed by atoms with Gasteiger partial charge in [0.05, 0.1) is 12.3 Å². The quantitative estimate of drug-likeness (QED) is 0.450. The monoisotopic (exact) mass is 189 g/mol. The Morgan fingerprint density at radius 3 is 2.86 bits per heavy atom. The van der Waals surface area contributed by atoms with Gasteiger partial charge in [0, 0.05) is 6.42 Å². The fraction of sp³-hybridized carbons (Fsp3) is 0.333. The van der Waals surface area contributed by atoms with E-state index >= 15 is 0 Å². The van der Waals surface area contributed by atoms with Crippen molar-refractivity contribution in [2.24, 2.45) is 0 Å². The van der Waals surface area contributed by atoms with E-state index < -0.39 is 0 Å². The van der Waals surface area contributed by atoms with E-state index in [1.165, 1.54) is 0 Å². The third-order valence-corrected chi connectivity index (χ3v) is 1.89. The first-order valence-electron chi connectivity index (χ1n) is 4.63. The van der Waals surface area contributed by atoms with Crippen molar-refractivity contribution in [2.75, 3.05) is 12.3 Å². The van der Waals surface area contributed by atoms with E-state index in [1.807, 2.05) is 32.0 Å². The number of anilines is 1. The highest BCUT2D eigenvalue weighted by Crippen LogP contribution is 2.25. The predicted molar refractivity (Wildman–Crippen MR) is 59.2 cm³/mol. The summed E-state index contributed by atoms with van der Waals surface area (Å²) in [4.78, 5) is 0. The van der Waals surface area contributed by atoms with Crippen molar-refractivity contribution in [3.8, 4) is 17.6 Å². The number of nitrogen functional groups attached to an aromatic ring is 1. The van der Waals surface area contributed by atoms with Crippen LogP contribution in [0.1, 0.15) is 18.9 Å². The number of benzene rings is 1. The largest absolute Gasteiger partial charge is 0.490 e. The highest BCUT2D eigenvalue weighted by molar-refractivity contribution is 5.56. The Balaban J connectivity index is 2.60. The molecular weight excluding hydrogens is 174 g/mol. The normalized spacial score (nSPS) is 9.00. The van der Waals surface area contributed by atoms with Crippen LogP contribution in [-0.4, -0.2) is 6.61 Å². The average molecular weight is 189 g/mol. The summed E-state index contributed by atoms with van der Waals surface area (Å²) in [5.41, 5.74) is 7.53. The zero-order valence-electron chi connectivity index (χ0n) is 8.63. The Kier molecular flexibility index (Phi) is 3.87. The molecule has 0 aromatic heterocycles. The Bertz CT molecular complexity index is 340. The Labute approximate surface area is 85.1 Å². The zero-order valence-corrected chi connectivity index (χ0v) is 8.63. The summed E-state index contributed by atoms with van der Waals surface area (Å²) < 4.78 is 5.54. The molecule has 0 unspecified atom stereocenters. The van der Waals surface area contributed by atoms with Crippen LogP contribution in [0.2, 0.25) is 0 Å². The number of ether oxygens (including phenoxy) is 1. The SMILES string of the molecule is CC#CCCOc1c(C)cccc1N. The van der Waals surface area contributed by atoms with Crippen molar-refractivity contribution in [2.45, 2.75) is 20.3 Å². The maximum atomic E-state index is 5.78. The fourth-order valence-electron chi connectivity index (χ4n) is 1.20. The van der Waals surface area contributed by atoms with E-state index in [9.17, 15) is 0 Å². The Morgan fingerprint density at radius 1 is 1.43 bits per heavy atom. The molecular formula is C12H15NO. The van der Waals surface area contributed by atoms with Gasteiger partial charge in [0.15, 0.2) is 0 Å². The highest BCUT2D eigenvalue weighted by atomic mass is 16.5. The number of para-hydroxylation sites is 1. The molecule has 1 aromatic carbocycles. The van der Waals surface area contributed by atoms with E-state index in [-0.39, 0.29) is 0 Å². The Morgan fingerprint density at radius 2 is 2.21 bits per heavy atom. The van der Waals surface area contributed by atoms with Crippen molar-refractivity contribution in [1.82, 2.24) is 0 Å². The molecule has 0 fully saturated rings. The summed E-state index contributed by atoms with van der Waals surface area (Å²) in [6.45, 7) is 4.40. The summed E-state index contributed by atoms with van der Waals surface area (Å²) in [5, 5.41) is 0. The van der Waals surface area contributed by atoms with Crippen molar-refractivity contribution in [1.29, 1.82) is 0 Å². The number of rotatable bonds is 3. The molecule has 0 aliphatic heterocycles. The molecule has 0 atom stereocenters. The van der Waals surface area contributed by atoms with E-state index in [4.69, 9.17) is 10.5 Å². The van der Waals surface area contributed by atoms with Crippen LogP contribution in [0.3, 0.4) is 0 Å². The third-order valence-electron chi connectivity index (χ3n) is 1.89. The lowest BCUT2D eigenvalue weighted by Crippen LogP contribution is -2.01. The minimum atomic E-state index is 0.593. The van der Waals surface area contributed by atoms with Crippen LogP contribution in [-0.2, 0) is 0 Å². The van der Waals surface area contributed by atoms with Gasteiger partial charge in [0.25, 0.3) is 0 Å². The number of nitrogens with two attached hydrogens (primary N) is 1. The van der Waals surface area contributed by atoms with Gasteiger partial charge in [0.1, 0.15) is 5.75 Å². The lowest BCUT2D eigenvalue weighted by Gasteiger charge is -2.09. The van der Waals surface area contributed by atoms with Gasteiger partial charge in [-0.1, -0.05) is 12.1 Å². The number of hydrogen-bond donors (Lipinski definition) is 1. The molecule has 14 heavy (non-hydrogen) atoms. The second-order valence-electron chi connectivity index (χ2n) is 3.02. The molecule has 0 aliphatic carbocycles. The standard InChI is InChI=1S/C12H15NO/c1-3-4-5-9-14-12-10(2)7-6-8-11(12)13/h6-8H,5,9,13H2,1-2H3. The molecule has 0 heterocycles. The van der Waals surface area contributed by atoms with E-state index in [0.29, 0.717) is 12.3 Å². The highest BCUT2D eigenvalue weighted by Gasteiger charge is 2.02. The van der Waals surface area contributed by atoms with Crippen molar-refractivity contribution in [3.63, 3.8) is 0 Å². The van der Waals surface area contributed by atoms with E-state index in [0.717, 1.165) is 17.7 Å². The fourth-order valence-corrected chi connectivity index (χ4v) is 1.20. The van der Waals surface area contributed by atoms with Crippen LogP contribution in [0.15, 0.2) is 18.2 Å². The summed E-state index contributed by atoms with van der Waals surface area (Å²) in [7, 11) is 0. The van der Waals surface area contributed by atoms with Gasteiger partial charge in [-0.15, -0.1) is 11.8 Å². The first-order valence-corrected chi connectivity index (χ1v) is 4.63. The molecule has 74 valence electrons. The van der Waals surface area contributed by atoms with Crippen LogP contribution in [0.5, 0.6) is 5.75 Å². The second kappa shape index (κ2) is 5.18. The summed E-state index contributed by atoms with van der Waals surface area (Å²) in [6, 6.07) is 5.74. The van der Waals surface area contributed by atoms with Gasteiger partial charge in [-0.05, 0) is 25.5 Å². The molecule has 0 saturated heterocycles. The van der Waals surface area contributed by atoms with Gasteiger partial charge in [-0.2, -0.15) is 0 Å². The van der Waals surface area contributed by atoms with Crippen molar-refractivity contribution in [3.05, 3.63) is 23.8 Å². The van der Waals surface area contributed by atoms with Crippen molar-refractivity contribution >= 4 is 5.69 Å². The maximum absolute atomic E-state index is 5.78. The summed E-state index contributed by atoms with van der Waals surface area (Å²) in [6.07, 6.45) is 0.740. The van der Waals surface area contributed by atoms with Gasteiger partial charge in [0.2, 0.25) is 0 Å². The first kappa shape index (κ1) is 10.5. The second-order valence-corrected chi connectivity index (χ2v) is 3.02. The molecule has 0 saturated carbocycles. The minimum Gasteiger partial charge on any atom is -0.490 e. The smallest absolute Gasteiger partial charge is 0.145 e. The average Bonchev–Trinajstić information content (AvgIpc) is 2.16. The topological polar surface area (TPSA) is 35.2 Å². The first-order chi connectivity index (χ1) is 6.75. The lowest BCUT2D eigenvalue weighted by atomic mass is 10.2. The lowest BCUT2D eigenvalue weighted by molar-refractivity contribution is 0.327. The Hall–Kier alpha value is -1.62. The molecule has 2 nitrogen and oxygen atoms in total. The molecule has 0 aliphatic rings. The molecule has 0 radical (unpaired) electrons. The summed E-state index contributed by atoms with van der Waals surface area (Å²) in [5.74, 6) is 6.55. The van der Waals surface area contributed by atoms with Gasteiger partial charge in [-0.3, -0.25) is 0 Å². The molecule has 0 amide bonds. The van der Waals surface area contributed by atoms with Gasteiger partial charge >= 0.3 is 0 Å². The van der Waals surface area contributed by atoms with Crippen LogP contribution in [0, 0.1) is 18.8 Å². The third kappa shape index (κ3) is 2.70. The van der Waals surface area contributed by atoms with Crippen molar-refractivity contribution < 1.29 is 4.74 Å². The van der Waals surface area contributed by atoms with Crippen LogP contribution in [0.4, 0.5) is 5.69 Å². The van der Waals surface area contributed by atoms with E-state index in [2.05, 4.69) is 11.8 Å². The number of aryl methyl sites for hydroxylation is 1. The van der Waals surface area contributed by atoms with Crippen LogP contribution < -0.4 is 10.5 Å². The number of hydrogen-bond acceptors (Lipinski definition) is 2. The maximum Gasteiger partial charge on any atom is 0.145 e. The predicted octanol–water partition coefficient (Wildman–Crippen LogP) is 2.37. The van der Waals surface area contributed by atoms with Crippen LogP contribution in [0.25, 0.3) is 0 Å². The van der Waals surface area contributed by atoms with Gasteiger partial charge in [-0.25, -0.2) is 0 Å². The molecule has 1 aromatic rings. The molecule has 0 bridgehead atoms. The molecule has 0 spiro atoms. The van der Waals surface area contributed by atoms with E-state index in [1.54, 1.807) is 0 Å². The minimum absolute atomic E-state index is 0.593. The summed E-state index contributed by atoms with van der Waals surface area (Å²) >= 11 is 0.